The molecule has 1 N–H and O–H groups in total. The Morgan fingerprint density at radius 2 is 1.79 bits per heavy atom. The van der Waals surface area contributed by atoms with E-state index in [1.165, 1.54) is 0 Å². The predicted molar refractivity (Wildman–Crippen MR) is 104 cm³/mol. The summed E-state index contributed by atoms with van der Waals surface area (Å²) in [6.45, 7) is 0.618. The smallest absolute Gasteiger partial charge is 0.228 e. The van der Waals surface area contributed by atoms with Crippen molar-refractivity contribution >= 4 is 16.9 Å². The highest BCUT2D eigenvalue weighted by molar-refractivity contribution is 5.72. The zero-order valence-corrected chi connectivity index (χ0v) is 16.2. The molecule has 4 rings (SSSR count). The molecule has 0 atom stereocenters. The van der Waals surface area contributed by atoms with E-state index in [4.69, 9.17) is 13.9 Å². The van der Waals surface area contributed by atoms with Crippen molar-refractivity contribution in [3.05, 3.63) is 66.4 Å². The molecule has 0 spiro atoms. The lowest BCUT2D eigenvalue weighted by atomic mass is 10.1. The zero-order chi connectivity index (χ0) is 18.6. The molecular formula is C21H19ClN3O3-. The lowest BCUT2D eigenvalue weighted by molar-refractivity contribution is -0.00000653. The Kier molecular flexibility index (Phi) is 6.01. The van der Waals surface area contributed by atoms with E-state index in [1.54, 1.807) is 20.4 Å². The monoisotopic (exact) mass is 396 g/mol. The van der Waals surface area contributed by atoms with Gasteiger partial charge < -0.3 is 31.6 Å². The van der Waals surface area contributed by atoms with Crippen molar-refractivity contribution in [2.75, 3.05) is 19.5 Å². The molecule has 2 heterocycles. The average molecular weight is 397 g/mol. The molecule has 0 amide bonds. The molecule has 0 aliphatic heterocycles. The van der Waals surface area contributed by atoms with Gasteiger partial charge in [0.15, 0.2) is 22.7 Å². The van der Waals surface area contributed by atoms with Gasteiger partial charge in [0.05, 0.1) is 14.2 Å². The number of para-hydroxylation sites is 1. The van der Waals surface area contributed by atoms with E-state index in [2.05, 4.69) is 15.3 Å². The second-order valence-corrected chi connectivity index (χ2v) is 5.93. The van der Waals surface area contributed by atoms with Gasteiger partial charge in [0.1, 0.15) is 0 Å². The van der Waals surface area contributed by atoms with Gasteiger partial charge in [-0.1, -0.05) is 12.1 Å². The van der Waals surface area contributed by atoms with Gasteiger partial charge >= 0.3 is 0 Å². The van der Waals surface area contributed by atoms with E-state index in [9.17, 15) is 0 Å². The van der Waals surface area contributed by atoms with Crippen LogP contribution in [-0.4, -0.2) is 24.2 Å². The number of rotatable bonds is 6. The second-order valence-electron chi connectivity index (χ2n) is 5.93. The first-order valence-corrected chi connectivity index (χ1v) is 8.54. The number of benzene rings is 2. The minimum absolute atomic E-state index is 0. The fourth-order valence-electron chi connectivity index (χ4n) is 2.91. The van der Waals surface area contributed by atoms with Crippen LogP contribution in [-0.2, 0) is 6.54 Å². The van der Waals surface area contributed by atoms with Crippen molar-refractivity contribution in [1.82, 2.24) is 9.97 Å². The maximum absolute atomic E-state index is 5.75. The van der Waals surface area contributed by atoms with Gasteiger partial charge in [-0.2, -0.15) is 4.98 Å². The molecule has 0 saturated heterocycles. The molecule has 2 aromatic heterocycles. The topological polar surface area (TPSA) is 69.4 Å². The largest absolute Gasteiger partial charge is 1.00 e. The van der Waals surface area contributed by atoms with Gasteiger partial charge in [0.25, 0.3) is 0 Å². The van der Waals surface area contributed by atoms with Crippen molar-refractivity contribution in [2.45, 2.75) is 6.54 Å². The molecule has 0 unspecified atom stereocenters. The first kappa shape index (κ1) is 19.5. The molecule has 4 aromatic rings. The lowest BCUT2D eigenvalue weighted by Gasteiger charge is -2.13. The Bertz CT molecular complexity index is 1030. The Morgan fingerprint density at radius 3 is 2.50 bits per heavy atom. The molecule has 0 bridgehead atoms. The number of anilines is 1. The summed E-state index contributed by atoms with van der Waals surface area (Å²) >= 11 is 0. The summed E-state index contributed by atoms with van der Waals surface area (Å²) in [6.07, 6.45) is 1.70. The van der Waals surface area contributed by atoms with Gasteiger partial charge in [-0.25, -0.2) is 4.98 Å². The quantitative estimate of drug-likeness (QED) is 0.533. The van der Waals surface area contributed by atoms with Crippen LogP contribution in [0.3, 0.4) is 0 Å². The van der Waals surface area contributed by atoms with Crippen LogP contribution in [0.25, 0.3) is 22.7 Å². The van der Waals surface area contributed by atoms with Crippen molar-refractivity contribution < 1.29 is 26.3 Å². The van der Waals surface area contributed by atoms with Crippen molar-refractivity contribution in [3.8, 4) is 23.0 Å². The van der Waals surface area contributed by atoms with Crippen LogP contribution in [0, 0.1) is 0 Å². The Labute approximate surface area is 168 Å². The van der Waals surface area contributed by atoms with Crippen LogP contribution in [0.5, 0.6) is 11.5 Å². The van der Waals surface area contributed by atoms with E-state index in [-0.39, 0.29) is 12.4 Å². The number of nitrogens with one attached hydrogen (secondary N) is 1. The SMILES string of the molecule is COc1cccc(CNc2ccc(-c3nc4ncccc4o3)cc2)c1OC.[Cl-]. The Morgan fingerprint density at radius 1 is 0.964 bits per heavy atom. The molecule has 0 saturated carbocycles. The number of aromatic nitrogens is 2. The average Bonchev–Trinajstić information content (AvgIpc) is 3.16. The fourth-order valence-corrected chi connectivity index (χ4v) is 2.91. The molecule has 0 aliphatic carbocycles. The summed E-state index contributed by atoms with van der Waals surface area (Å²) < 4.78 is 16.6. The van der Waals surface area contributed by atoms with Gasteiger partial charge in [-0.05, 0) is 42.5 Å². The van der Waals surface area contributed by atoms with Crippen LogP contribution < -0.4 is 27.2 Å². The third-order valence-corrected chi connectivity index (χ3v) is 4.26. The summed E-state index contributed by atoms with van der Waals surface area (Å²) in [5, 5.41) is 3.39. The molecule has 28 heavy (non-hydrogen) atoms. The highest BCUT2D eigenvalue weighted by Gasteiger charge is 2.10. The molecular weight excluding hydrogens is 378 g/mol. The summed E-state index contributed by atoms with van der Waals surface area (Å²) in [5.41, 5.74) is 4.20. The fraction of sp³-hybridized carbons (Fsp3) is 0.143. The number of pyridine rings is 1. The minimum atomic E-state index is 0. The molecule has 2 aromatic carbocycles. The maximum Gasteiger partial charge on any atom is 0.228 e. The van der Waals surface area contributed by atoms with E-state index in [1.807, 2.05) is 54.6 Å². The van der Waals surface area contributed by atoms with E-state index < -0.39 is 0 Å². The molecule has 6 nitrogen and oxygen atoms in total. The van der Waals surface area contributed by atoms with Gasteiger partial charge in [-0.3, -0.25) is 0 Å². The first-order valence-electron chi connectivity index (χ1n) is 8.54. The standard InChI is InChI=1S/C21H19N3O3.ClH/c1-25-17-6-3-5-15(19(17)26-2)13-23-16-10-8-14(9-11-16)21-24-20-18(27-21)7-4-12-22-20;/h3-12,23H,13H2,1-2H3;1H/p-1. The Balaban J connectivity index is 0.00000225. The lowest BCUT2D eigenvalue weighted by Crippen LogP contribution is -3.00. The van der Waals surface area contributed by atoms with E-state index >= 15 is 0 Å². The molecule has 0 fully saturated rings. The molecule has 0 radical (unpaired) electrons. The number of halogens is 1. The summed E-state index contributed by atoms with van der Waals surface area (Å²) in [4.78, 5) is 8.62. The highest BCUT2D eigenvalue weighted by atomic mass is 35.5. The third-order valence-electron chi connectivity index (χ3n) is 4.26. The molecule has 0 aliphatic rings. The number of fused-ring (bicyclic) bond motifs is 1. The van der Waals surface area contributed by atoms with E-state index in [0.717, 1.165) is 28.3 Å². The van der Waals surface area contributed by atoms with E-state index in [0.29, 0.717) is 23.7 Å². The van der Waals surface area contributed by atoms with Gasteiger partial charge in [-0.15, -0.1) is 0 Å². The summed E-state index contributed by atoms with van der Waals surface area (Å²) in [6, 6.07) is 17.4. The van der Waals surface area contributed by atoms with Crippen molar-refractivity contribution in [2.24, 2.45) is 0 Å². The summed E-state index contributed by atoms with van der Waals surface area (Å²) in [7, 11) is 3.28. The number of ether oxygens (including phenoxy) is 2. The zero-order valence-electron chi connectivity index (χ0n) is 15.5. The summed E-state index contributed by atoms with van der Waals surface area (Å²) in [5.74, 6) is 2.02. The van der Waals surface area contributed by atoms with Crippen molar-refractivity contribution in [1.29, 1.82) is 0 Å². The van der Waals surface area contributed by atoms with Gasteiger partial charge in [0, 0.05) is 29.6 Å². The normalized spacial score (nSPS) is 10.4. The van der Waals surface area contributed by atoms with Crippen LogP contribution in [0.4, 0.5) is 5.69 Å². The molecule has 7 heteroatoms. The van der Waals surface area contributed by atoms with Gasteiger partial charge in [0.2, 0.25) is 5.89 Å². The number of hydrogen-bond acceptors (Lipinski definition) is 6. The molecule has 144 valence electrons. The minimum Gasteiger partial charge on any atom is -1.00 e. The second kappa shape index (κ2) is 8.63. The number of hydrogen-bond donors (Lipinski definition) is 1. The third kappa shape index (κ3) is 3.87. The number of nitrogens with zero attached hydrogens (tertiary/aromatic N) is 2. The van der Waals surface area contributed by atoms with Crippen LogP contribution in [0.15, 0.2) is 65.2 Å². The number of methoxy groups -OCH3 is 2. The predicted octanol–water partition coefficient (Wildman–Crippen LogP) is 1.52. The highest BCUT2D eigenvalue weighted by Crippen LogP contribution is 2.31. The van der Waals surface area contributed by atoms with Crippen LogP contribution in [0.2, 0.25) is 0 Å². The first-order chi connectivity index (χ1) is 13.3. The van der Waals surface area contributed by atoms with Crippen molar-refractivity contribution in [3.63, 3.8) is 0 Å². The van der Waals surface area contributed by atoms with Crippen LogP contribution in [0.1, 0.15) is 5.56 Å². The maximum atomic E-state index is 5.75. The van der Waals surface area contributed by atoms with Crippen LogP contribution >= 0.6 is 0 Å². The Hall–Kier alpha value is -3.25. The number of oxazole rings is 1.